The van der Waals surface area contributed by atoms with Gasteiger partial charge in [-0.2, -0.15) is 0 Å². The molecule has 3 rings (SSSR count). The van der Waals surface area contributed by atoms with Crippen molar-refractivity contribution < 1.29 is 4.74 Å². The molecule has 2 atom stereocenters. The van der Waals surface area contributed by atoms with Crippen LogP contribution in [0.5, 0.6) is 0 Å². The van der Waals surface area contributed by atoms with Crippen LogP contribution < -0.4 is 0 Å². The topological polar surface area (TPSA) is 15.7 Å². The van der Waals surface area contributed by atoms with Crippen molar-refractivity contribution in [1.29, 1.82) is 0 Å². The highest BCUT2D eigenvalue weighted by atomic mass is 16.5. The lowest BCUT2D eigenvalue weighted by atomic mass is 9.98. The zero-order valence-corrected chi connectivity index (χ0v) is 15.2. The molecule has 128 valence electrons. The van der Waals surface area contributed by atoms with Gasteiger partial charge in [-0.15, -0.1) is 0 Å². The first-order valence-corrected chi connectivity index (χ1v) is 9.27. The predicted octanol–water partition coefficient (Wildman–Crippen LogP) is 4.01. The van der Waals surface area contributed by atoms with Gasteiger partial charge in [-0.1, -0.05) is 24.3 Å². The molecular formula is C20H32N2O. The Bertz CT molecular complexity index is 514. The van der Waals surface area contributed by atoms with Crippen molar-refractivity contribution in [3.05, 3.63) is 35.4 Å². The minimum atomic E-state index is 0.222. The number of hydrogen-bond donors (Lipinski definition) is 0. The van der Waals surface area contributed by atoms with E-state index in [-0.39, 0.29) is 6.10 Å². The summed E-state index contributed by atoms with van der Waals surface area (Å²) in [5.74, 6) is 0. The Morgan fingerprint density at radius 3 is 2.57 bits per heavy atom. The van der Waals surface area contributed by atoms with Crippen molar-refractivity contribution in [3.63, 3.8) is 0 Å². The molecule has 0 aromatic heterocycles. The summed E-state index contributed by atoms with van der Waals surface area (Å²) in [7, 11) is 0. The van der Waals surface area contributed by atoms with Gasteiger partial charge in [0.15, 0.2) is 0 Å². The van der Waals surface area contributed by atoms with Crippen molar-refractivity contribution in [2.24, 2.45) is 0 Å². The molecule has 2 fully saturated rings. The van der Waals surface area contributed by atoms with Crippen molar-refractivity contribution in [1.82, 2.24) is 9.80 Å². The van der Waals surface area contributed by atoms with Crippen LogP contribution in [0.2, 0.25) is 0 Å². The van der Waals surface area contributed by atoms with Crippen LogP contribution in [0.1, 0.15) is 63.8 Å². The lowest BCUT2D eigenvalue weighted by Gasteiger charge is -2.36. The highest BCUT2D eigenvalue weighted by Crippen LogP contribution is 2.35. The van der Waals surface area contributed by atoms with Crippen LogP contribution in [0, 0.1) is 0 Å². The Kier molecular flexibility index (Phi) is 5.40. The van der Waals surface area contributed by atoms with Gasteiger partial charge in [0.1, 0.15) is 0 Å². The molecule has 3 heteroatoms. The predicted molar refractivity (Wildman–Crippen MR) is 95.7 cm³/mol. The smallest absolute Gasteiger partial charge is 0.0952 e. The van der Waals surface area contributed by atoms with E-state index in [0.717, 1.165) is 19.7 Å². The number of ether oxygens (including phenoxy) is 1. The molecule has 2 aliphatic heterocycles. The average Bonchev–Trinajstić information content (AvgIpc) is 3.05. The van der Waals surface area contributed by atoms with Crippen molar-refractivity contribution in [2.45, 2.75) is 64.8 Å². The fraction of sp³-hybridized carbons (Fsp3) is 0.700. The molecule has 2 unspecified atom stereocenters. The molecule has 0 spiro atoms. The van der Waals surface area contributed by atoms with E-state index in [1.54, 1.807) is 0 Å². The van der Waals surface area contributed by atoms with Crippen molar-refractivity contribution in [3.8, 4) is 0 Å². The lowest BCUT2D eigenvalue weighted by Crippen LogP contribution is -2.42. The van der Waals surface area contributed by atoms with Gasteiger partial charge in [0.2, 0.25) is 0 Å². The van der Waals surface area contributed by atoms with E-state index in [9.17, 15) is 0 Å². The van der Waals surface area contributed by atoms with E-state index in [1.165, 1.54) is 30.5 Å². The third-order valence-electron chi connectivity index (χ3n) is 5.45. The number of benzene rings is 1. The first-order valence-electron chi connectivity index (χ1n) is 9.27. The van der Waals surface area contributed by atoms with Crippen LogP contribution in [0.15, 0.2) is 24.3 Å². The largest absolute Gasteiger partial charge is 0.371 e. The Labute approximate surface area is 141 Å². The van der Waals surface area contributed by atoms with Gasteiger partial charge in [0.25, 0.3) is 0 Å². The highest BCUT2D eigenvalue weighted by Gasteiger charge is 2.29. The third-order valence-corrected chi connectivity index (χ3v) is 5.45. The Balaban J connectivity index is 1.77. The Morgan fingerprint density at radius 2 is 1.83 bits per heavy atom. The van der Waals surface area contributed by atoms with E-state index in [2.05, 4.69) is 61.8 Å². The molecule has 0 radical (unpaired) electrons. The molecule has 2 saturated heterocycles. The maximum Gasteiger partial charge on any atom is 0.0952 e. The second kappa shape index (κ2) is 7.33. The van der Waals surface area contributed by atoms with E-state index in [4.69, 9.17) is 4.74 Å². The van der Waals surface area contributed by atoms with E-state index < -0.39 is 0 Å². The fourth-order valence-corrected chi connectivity index (χ4v) is 4.07. The van der Waals surface area contributed by atoms with Gasteiger partial charge in [-0.05, 0) is 58.2 Å². The van der Waals surface area contributed by atoms with Gasteiger partial charge < -0.3 is 4.74 Å². The van der Waals surface area contributed by atoms with Gasteiger partial charge in [0, 0.05) is 31.2 Å². The summed E-state index contributed by atoms with van der Waals surface area (Å²) in [6, 6.07) is 11.0. The molecular weight excluding hydrogens is 284 g/mol. The molecule has 23 heavy (non-hydrogen) atoms. The molecule has 0 saturated carbocycles. The molecule has 0 aliphatic carbocycles. The molecule has 2 heterocycles. The lowest BCUT2D eigenvalue weighted by molar-refractivity contribution is -0.0402. The quantitative estimate of drug-likeness (QED) is 0.834. The number of nitrogens with zero attached hydrogens (tertiary/aromatic N) is 2. The maximum absolute atomic E-state index is 6.08. The summed E-state index contributed by atoms with van der Waals surface area (Å²) in [6.07, 6.45) is 2.82. The van der Waals surface area contributed by atoms with Crippen LogP contribution in [-0.2, 0) is 4.74 Å². The van der Waals surface area contributed by atoms with Gasteiger partial charge in [-0.25, -0.2) is 0 Å². The Hall–Kier alpha value is -0.900. The van der Waals surface area contributed by atoms with Crippen LogP contribution in [0.4, 0.5) is 0 Å². The van der Waals surface area contributed by atoms with Gasteiger partial charge in [0.05, 0.1) is 12.7 Å². The van der Waals surface area contributed by atoms with Gasteiger partial charge >= 0.3 is 0 Å². The highest BCUT2D eigenvalue weighted by molar-refractivity contribution is 5.29. The van der Waals surface area contributed by atoms with Gasteiger partial charge in [-0.3, -0.25) is 9.80 Å². The number of hydrogen-bond acceptors (Lipinski definition) is 3. The monoisotopic (exact) mass is 316 g/mol. The number of morpholine rings is 1. The van der Waals surface area contributed by atoms with E-state index >= 15 is 0 Å². The zero-order valence-electron chi connectivity index (χ0n) is 15.2. The Morgan fingerprint density at radius 1 is 1.04 bits per heavy atom. The summed E-state index contributed by atoms with van der Waals surface area (Å²) in [4.78, 5) is 5.16. The number of rotatable bonds is 4. The molecule has 2 aliphatic rings. The van der Waals surface area contributed by atoms with Crippen LogP contribution >= 0.6 is 0 Å². The summed E-state index contributed by atoms with van der Waals surface area (Å²) in [5, 5.41) is 0. The summed E-state index contributed by atoms with van der Waals surface area (Å²) in [5.41, 5.74) is 2.82. The third kappa shape index (κ3) is 3.78. The first kappa shape index (κ1) is 16.9. The van der Waals surface area contributed by atoms with Crippen molar-refractivity contribution >= 4 is 0 Å². The second-order valence-electron chi connectivity index (χ2n) is 7.61. The minimum Gasteiger partial charge on any atom is -0.371 e. The standard InChI is InChI=1S/C20H32N2O/c1-15(2)21-11-12-23-20(14-21)18-8-5-7-17(13-18)19-9-6-10-22(19)16(3)4/h5,7-8,13,15-16,19-20H,6,9-12,14H2,1-4H3. The summed E-state index contributed by atoms with van der Waals surface area (Å²) >= 11 is 0. The SMILES string of the molecule is CC(C)N1CCOC(c2cccc(C3CCCN3C(C)C)c2)C1. The molecule has 3 nitrogen and oxygen atoms in total. The minimum absolute atomic E-state index is 0.222. The van der Waals surface area contributed by atoms with Crippen LogP contribution in [-0.4, -0.2) is 48.1 Å². The maximum atomic E-state index is 6.08. The van der Waals surface area contributed by atoms with Crippen LogP contribution in [0.3, 0.4) is 0 Å². The van der Waals surface area contributed by atoms with Crippen molar-refractivity contribution in [2.75, 3.05) is 26.2 Å². The van der Waals surface area contributed by atoms with E-state index in [0.29, 0.717) is 18.1 Å². The normalized spacial score (nSPS) is 27.2. The summed E-state index contributed by atoms with van der Waals surface area (Å²) < 4.78 is 6.08. The molecule has 0 N–H and O–H groups in total. The zero-order chi connectivity index (χ0) is 16.4. The molecule has 1 aromatic carbocycles. The molecule has 0 bridgehead atoms. The molecule has 1 aromatic rings. The first-order chi connectivity index (χ1) is 11.1. The second-order valence-corrected chi connectivity index (χ2v) is 7.61. The average molecular weight is 316 g/mol. The molecule has 0 amide bonds. The number of likely N-dealkylation sites (tertiary alicyclic amines) is 1. The van der Waals surface area contributed by atoms with E-state index in [1.807, 2.05) is 0 Å². The fourth-order valence-electron chi connectivity index (χ4n) is 4.07. The van der Waals surface area contributed by atoms with Crippen LogP contribution in [0.25, 0.3) is 0 Å². The summed E-state index contributed by atoms with van der Waals surface area (Å²) in [6.45, 7) is 13.3.